The Hall–Kier alpha value is -2.13. The Morgan fingerprint density at radius 2 is 2.00 bits per heavy atom. The lowest BCUT2D eigenvalue weighted by atomic mass is 10.1. The van der Waals surface area contributed by atoms with Crippen molar-refractivity contribution in [3.63, 3.8) is 0 Å². The second-order valence-corrected chi connectivity index (χ2v) is 8.83. The molecule has 1 saturated heterocycles. The Balaban J connectivity index is 2.26. The van der Waals surface area contributed by atoms with Gasteiger partial charge in [0.15, 0.2) is 0 Å². The van der Waals surface area contributed by atoms with E-state index in [-0.39, 0.29) is 34.9 Å². The molecule has 1 N–H and O–H groups in total. The molecule has 26 heavy (non-hydrogen) atoms. The number of nitrogens with zero attached hydrogens (tertiary/aromatic N) is 2. The molecule has 9 heteroatoms. The Morgan fingerprint density at radius 3 is 2.50 bits per heavy atom. The molecule has 1 atom stereocenters. The molecular weight excluding hydrogens is 358 g/mol. The summed E-state index contributed by atoms with van der Waals surface area (Å²) in [6.45, 7) is 4.15. The van der Waals surface area contributed by atoms with Crippen LogP contribution in [-0.2, 0) is 19.6 Å². The van der Waals surface area contributed by atoms with Gasteiger partial charge in [-0.3, -0.25) is 9.59 Å². The lowest BCUT2D eigenvalue weighted by Crippen LogP contribution is -2.33. The Kier molecular flexibility index (Phi) is 5.92. The predicted molar refractivity (Wildman–Crippen MR) is 97.5 cm³/mol. The Bertz CT molecular complexity index is 805. The minimum atomic E-state index is -3.64. The van der Waals surface area contributed by atoms with Crippen LogP contribution in [0.5, 0.6) is 5.75 Å². The summed E-state index contributed by atoms with van der Waals surface area (Å²) in [4.78, 5) is 26.3. The molecule has 2 rings (SSSR count). The molecule has 8 nitrogen and oxygen atoms in total. The van der Waals surface area contributed by atoms with Crippen LogP contribution in [0.15, 0.2) is 23.1 Å². The second kappa shape index (κ2) is 7.63. The van der Waals surface area contributed by atoms with Crippen LogP contribution in [0.2, 0.25) is 0 Å². The minimum absolute atomic E-state index is 0.0309. The van der Waals surface area contributed by atoms with Crippen molar-refractivity contribution >= 4 is 27.5 Å². The van der Waals surface area contributed by atoms with Gasteiger partial charge in [0.2, 0.25) is 21.8 Å². The van der Waals surface area contributed by atoms with Crippen LogP contribution in [0.4, 0.5) is 5.69 Å². The standard InChI is InChI=1S/C17H25N3O5S/c1-11(2)20-10-12(8-16(20)21)17(22)18-14-9-13(6-7-15(14)25-5)26(23,24)19(3)4/h6-7,9,11-12H,8,10H2,1-5H3,(H,18,22). The van der Waals surface area contributed by atoms with Crippen molar-refractivity contribution in [2.24, 2.45) is 5.92 Å². The molecule has 144 valence electrons. The number of hydrogen-bond acceptors (Lipinski definition) is 5. The van der Waals surface area contributed by atoms with E-state index in [1.165, 1.54) is 39.4 Å². The summed E-state index contributed by atoms with van der Waals surface area (Å²) in [5, 5.41) is 2.71. The molecule has 0 aromatic heterocycles. The number of hydrogen-bond donors (Lipinski definition) is 1. The first-order chi connectivity index (χ1) is 12.1. The van der Waals surface area contributed by atoms with Gasteiger partial charge in [0.1, 0.15) is 5.75 Å². The number of anilines is 1. The van der Waals surface area contributed by atoms with Crippen molar-refractivity contribution in [3.8, 4) is 5.75 Å². The van der Waals surface area contributed by atoms with E-state index in [2.05, 4.69) is 5.32 Å². The van der Waals surface area contributed by atoms with Gasteiger partial charge in [0, 0.05) is 33.1 Å². The van der Waals surface area contributed by atoms with E-state index in [9.17, 15) is 18.0 Å². The monoisotopic (exact) mass is 383 g/mol. The van der Waals surface area contributed by atoms with Gasteiger partial charge in [0.05, 0.1) is 23.6 Å². The van der Waals surface area contributed by atoms with Crippen molar-refractivity contribution in [2.45, 2.75) is 31.2 Å². The number of amides is 2. The fourth-order valence-corrected chi connectivity index (χ4v) is 3.73. The van der Waals surface area contributed by atoms with Gasteiger partial charge < -0.3 is 15.0 Å². The van der Waals surface area contributed by atoms with Gasteiger partial charge in [-0.15, -0.1) is 0 Å². The molecule has 1 unspecified atom stereocenters. The van der Waals surface area contributed by atoms with E-state index >= 15 is 0 Å². The Labute approximate surface area is 154 Å². The summed E-state index contributed by atoms with van der Waals surface area (Å²) in [6.07, 6.45) is 0.141. The molecule has 1 aromatic carbocycles. The first kappa shape index (κ1) is 20.2. The Morgan fingerprint density at radius 1 is 1.35 bits per heavy atom. The van der Waals surface area contributed by atoms with Gasteiger partial charge in [-0.05, 0) is 32.0 Å². The van der Waals surface area contributed by atoms with Crippen LogP contribution in [0.3, 0.4) is 0 Å². The molecule has 1 heterocycles. The van der Waals surface area contributed by atoms with E-state index in [4.69, 9.17) is 4.74 Å². The predicted octanol–water partition coefficient (Wildman–Crippen LogP) is 1.14. The van der Waals surface area contributed by atoms with Crippen molar-refractivity contribution < 1.29 is 22.7 Å². The summed E-state index contributed by atoms with van der Waals surface area (Å²) in [7, 11) is 0.657. The van der Waals surface area contributed by atoms with Crippen molar-refractivity contribution in [2.75, 3.05) is 33.1 Å². The molecule has 0 saturated carbocycles. The molecule has 2 amide bonds. The van der Waals surface area contributed by atoms with Gasteiger partial charge in [-0.25, -0.2) is 12.7 Å². The van der Waals surface area contributed by atoms with Crippen molar-refractivity contribution in [1.82, 2.24) is 9.21 Å². The number of sulfonamides is 1. The zero-order valence-electron chi connectivity index (χ0n) is 15.6. The van der Waals surface area contributed by atoms with Crippen LogP contribution in [0.25, 0.3) is 0 Å². The van der Waals surface area contributed by atoms with Crippen LogP contribution in [0, 0.1) is 5.92 Å². The van der Waals surface area contributed by atoms with Gasteiger partial charge >= 0.3 is 0 Å². The highest BCUT2D eigenvalue weighted by Gasteiger charge is 2.35. The van der Waals surface area contributed by atoms with Crippen LogP contribution >= 0.6 is 0 Å². The van der Waals surface area contributed by atoms with Gasteiger partial charge in [-0.2, -0.15) is 0 Å². The largest absolute Gasteiger partial charge is 0.495 e. The number of benzene rings is 1. The zero-order chi connectivity index (χ0) is 19.6. The fourth-order valence-electron chi connectivity index (χ4n) is 2.80. The van der Waals surface area contributed by atoms with E-state index in [1.807, 2.05) is 13.8 Å². The summed E-state index contributed by atoms with van der Waals surface area (Å²) in [5.74, 6) is -0.528. The maximum absolute atomic E-state index is 12.6. The maximum Gasteiger partial charge on any atom is 0.242 e. The number of carbonyl (C=O) groups excluding carboxylic acids is 2. The van der Waals surface area contributed by atoms with E-state index in [0.717, 1.165) is 4.31 Å². The van der Waals surface area contributed by atoms with Crippen LogP contribution in [0.1, 0.15) is 20.3 Å². The summed E-state index contributed by atoms with van der Waals surface area (Å²) in [6, 6.07) is 4.31. The quantitative estimate of drug-likeness (QED) is 0.795. The molecular formula is C17H25N3O5S. The number of ether oxygens (including phenoxy) is 1. The lowest BCUT2D eigenvalue weighted by Gasteiger charge is -2.21. The maximum atomic E-state index is 12.6. The lowest BCUT2D eigenvalue weighted by molar-refractivity contribution is -0.129. The molecule has 0 spiro atoms. The molecule has 1 fully saturated rings. The van der Waals surface area contributed by atoms with Gasteiger partial charge in [-0.1, -0.05) is 0 Å². The summed E-state index contributed by atoms with van der Waals surface area (Å²) >= 11 is 0. The molecule has 1 aliphatic rings. The molecule has 1 aliphatic heterocycles. The number of likely N-dealkylation sites (tertiary alicyclic amines) is 1. The first-order valence-corrected chi connectivity index (χ1v) is 9.72. The number of methoxy groups -OCH3 is 1. The number of carbonyl (C=O) groups is 2. The highest BCUT2D eigenvalue weighted by Crippen LogP contribution is 2.30. The highest BCUT2D eigenvalue weighted by atomic mass is 32.2. The van der Waals surface area contributed by atoms with E-state index in [0.29, 0.717) is 12.3 Å². The third-order valence-corrected chi connectivity index (χ3v) is 6.17. The first-order valence-electron chi connectivity index (χ1n) is 8.28. The summed E-state index contributed by atoms with van der Waals surface area (Å²) < 4.78 is 30.9. The van der Waals surface area contributed by atoms with E-state index < -0.39 is 15.9 Å². The van der Waals surface area contributed by atoms with Crippen molar-refractivity contribution in [3.05, 3.63) is 18.2 Å². The molecule has 0 bridgehead atoms. The number of nitrogens with one attached hydrogen (secondary N) is 1. The average Bonchev–Trinajstić information content (AvgIpc) is 2.96. The fraction of sp³-hybridized carbons (Fsp3) is 0.529. The SMILES string of the molecule is COc1ccc(S(=O)(=O)N(C)C)cc1NC(=O)C1CC(=O)N(C(C)C)C1. The minimum Gasteiger partial charge on any atom is -0.495 e. The normalized spacial score (nSPS) is 17.9. The van der Waals surface area contributed by atoms with E-state index in [1.54, 1.807) is 4.90 Å². The smallest absolute Gasteiger partial charge is 0.242 e. The molecule has 0 radical (unpaired) electrons. The third kappa shape index (κ3) is 3.99. The average molecular weight is 383 g/mol. The zero-order valence-corrected chi connectivity index (χ0v) is 16.5. The summed E-state index contributed by atoms with van der Waals surface area (Å²) in [5.41, 5.74) is 0.260. The number of rotatable bonds is 6. The van der Waals surface area contributed by atoms with Crippen LogP contribution in [-0.4, -0.2) is 63.2 Å². The van der Waals surface area contributed by atoms with Crippen LogP contribution < -0.4 is 10.1 Å². The second-order valence-electron chi connectivity index (χ2n) is 6.68. The highest BCUT2D eigenvalue weighted by molar-refractivity contribution is 7.89. The third-order valence-electron chi connectivity index (χ3n) is 4.36. The van der Waals surface area contributed by atoms with Crippen molar-refractivity contribution in [1.29, 1.82) is 0 Å². The topological polar surface area (TPSA) is 96.0 Å². The molecule has 0 aliphatic carbocycles. The van der Waals surface area contributed by atoms with Gasteiger partial charge in [0.25, 0.3) is 0 Å². The molecule has 1 aromatic rings.